The minimum absolute atomic E-state index is 0.231. The van der Waals surface area contributed by atoms with Gasteiger partial charge in [0, 0.05) is 31.7 Å². The second kappa shape index (κ2) is 12.5. The molecule has 0 spiro atoms. The van der Waals surface area contributed by atoms with Crippen molar-refractivity contribution in [1.29, 1.82) is 0 Å². The molecule has 1 N–H and O–H groups in total. The highest BCUT2D eigenvalue weighted by atomic mass is 19.1. The number of morpholine rings is 1. The van der Waals surface area contributed by atoms with Crippen LogP contribution >= 0.6 is 0 Å². The molecule has 3 aromatic rings. The number of furan rings is 1. The van der Waals surface area contributed by atoms with E-state index in [1.807, 2.05) is 27.7 Å². The summed E-state index contributed by atoms with van der Waals surface area (Å²) < 4.78 is 24.8. The number of ether oxygens (including phenoxy) is 1. The summed E-state index contributed by atoms with van der Waals surface area (Å²) in [6, 6.07) is 8.21. The van der Waals surface area contributed by atoms with E-state index < -0.39 is 17.4 Å². The number of halogens is 1. The molecule has 2 amide bonds. The largest absolute Gasteiger partial charge is 0.458 e. The average Bonchev–Trinajstić information content (AvgIpc) is 3.53. The zero-order chi connectivity index (χ0) is 28.0. The predicted molar refractivity (Wildman–Crippen MR) is 141 cm³/mol. The number of hydrogen-bond acceptors (Lipinski definition) is 8. The van der Waals surface area contributed by atoms with E-state index in [-0.39, 0.29) is 24.2 Å². The summed E-state index contributed by atoms with van der Waals surface area (Å²) >= 11 is 0. The lowest BCUT2D eigenvalue weighted by Crippen LogP contribution is -2.50. The molecule has 0 aliphatic carbocycles. The maximum Gasteiger partial charge on any atom is 0.247 e. The topological polar surface area (TPSA) is 119 Å². The smallest absolute Gasteiger partial charge is 0.247 e. The lowest BCUT2D eigenvalue weighted by molar-refractivity contribution is -0.142. The Kier molecular flexibility index (Phi) is 9.08. The number of tetrazole rings is 1. The van der Waals surface area contributed by atoms with E-state index in [2.05, 4.69) is 25.6 Å². The molecule has 0 radical (unpaired) electrons. The van der Waals surface area contributed by atoms with Crippen molar-refractivity contribution in [3.05, 3.63) is 53.5 Å². The summed E-state index contributed by atoms with van der Waals surface area (Å²) in [7, 11) is 0. The Morgan fingerprint density at radius 2 is 1.85 bits per heavy atom. The van der Waals surface area contributed by atoms with E-state index in [0.29, 0.717) is 43.3 Å². The number of rotatable bonds is 10. The molecule has 1 aromatic carbocycles. The molecule has 1 aliphatic heterocycles. The van der Waals surface area contributed by atoms with Gasteiger partial charge in [-0.25, -0.2) is 4.39 Å². The molecule has 1 atom stereocenters. The minimum atomic E-state index is -0.974. The second-order valence-corrected chi connectivity index (χ2v) is 10.6. The SMILES string of the molecule is Cc1ccc(-c2nnn(CC(=O)N(CCCN3CCOCC3)[C@@H](C(=O)NC(C)(C)C)c3ccc(F)cc3)n2)o1. The average molecular weight is 542 g/mol. The molecule has 39 heavy (non-hydrogen) atoms. The zero-order valence-electron chi connectivity index (χ0n) is 22.9. The number of aromatic nitrogens is 4. The number of benzene rings is 1. The molecule has 0 unspecified atom stereocenters. The number of carbonyl (C=O) groups excluding carboxylic acids is 2. The number of nitrogens with one attached hydrogen (secondary N) is 1. The molecule has 4 rings (SSSR count). The summed E-state index contributed by atoms with van der Waals surface area (Å²) in [6.07, 6.45) is 0.633. The maximum absolute atomic E-state index is 13.8. The number of hydrogen-bond donors (Lipinski definition) is 1. The molecular formula is C27H36FN7O4. The Balaban J connectivity index is 1.59. The lowest BCUT2D eigenvalue weighted by Gasteiger charge is -2.34. The first-order valence-corrected chi connectivity index (χ1v) is 13.1. The van der Waals surface area contributed by atoms with Gasteiger partial charge in [-0.05, 0) is 69.2 Å². The molecule has 1 aliphatic rings. The molecule has 0 bridgehead atoms. The van der Waals surface area contributed by atoms with E-state index in [0.717, 1.165) is 19.6 Å². The lowest BCUT2D eigenvalue weighted by atomic mass is 10.0. The monoisotopic (exact) mass is 541 g/mol. The van der Waals surface area contributed by atoms with Gasteiger partial charge in [0.15, 0.2) is 5.76 Å². The first-order chi connectivity index (χ1) is 18.6. The third-order valence-corrected chi connectivity index (χ3v) is 6.23. The van der Waals surface area contributed by atoms with Gasteiger partial charge in [-0.3, -0.25) is 14.5 Å². The van der Waals surface area contributed by atoms with E-state index >= 15 is 0 Å². The molecule has 3 heterocycles. The van der Waals surface area contributed by atoms with Crippen molar-refractivity contribution in [1.82, 2.24) is 35.3 Å². The maximum atomic E-state index is 13.8. The van der Waals surface area contributed by atoms with Crippen LogP contribution in [-0.2, 0) is 20.9 Å². The van der Waals surface area contributed by atoms with Crippen LogP contribution in [0.1, 0.15) is 44.6 Å². The Morgan fingerprint density at radius 3 is 2.49 bits per heavy atom. The molecule has 12 heteroatoms. The number of amides is 2. The van der Waals surface area contributed by atoms with Crippen LogP contribution < -0.4 is 5.32 Å². The quantitative estimate of drug-likeness (QED) is 0.416. The van der Waals surface area contributed by atoms with Crippen LogP contribution in [0.3, 0.4) is 0 Å². The van der Waals surface area contributed by atoms with Crippen LogP contribution in [0.2, 0.25) is 0 Å². The van der Waals surface area contributed by atoms with Gasteiger partial charge < -0.3 is 19.4 Å². The van der Waals surface area contributed by atoms with Crippen molar-refractivity contribution in [3.8, 4) is 11.6 Å². The number of nitrogens with zero attached hydrogens (tertiary/aromatic N) is 6. The van der Waals surface area contributed by atoms with E-state index in [1.165, 1.54) is 34.0 Å². The highest BCUT2D eigenvalue weighted by Crippen LogP contribution is 2.24. The van der Waals surface area contributed by atoms with Gasteiger partial charge in [0.25, 0.3) is 0 Å². The van der Waals surface area contributed by atoms with Gasteiger partial charge in [-0.1, -0.05) is 12.1 Å². The summed E-state index contributed by atoms with van der Waals surface area (Å²) in [4.78, 5) is 32.4. The third kappa shape index (κ3) is 7.93. The Hall–Kier alpha value is -3.64. The second-order valence-electron chi connectivity index (χ2n) is 10.6. The Bertz CT molecular complexity index is 1250. The van der Waals surface area contributed by atoms with Gasteiger partial charge in [0.2, 0.25) is 17.6 Å². The molecular weight excluding hydrogens is 505 g/mol. The van der Waals surface area contributed by atoms with Crippen molar-refractivity contribution >= 4 is 11.8 Å². The molecule has 0 saturated carbocycles. The van der Waals surface area contributed by atoms with Crippen molar-refractivity contribution in [3.63, 3.8) is 0 Å². The molecule has 210 valence electrons. The van der Waals surface area contributed by atoms with Crippen LogP contribution in [-0.4, -0.2) is 86.8 Å². The van der Waals surface area contributed by atoms with Gasteiger partial charge in [0.05, 0.1) is 13.2 Å². The van der Waals surface area contributed by atoms with Gasteiger partial charge >= 0.3 is 0 Å². The van der Waals surface area contributed by atoms with Gasteiger partial charge in [-0.15, -0.1) is 10.2 Å². The summed E-state index contributed by atoms with van der Waals surface area (Å²) in [5.74, 6) is 0.266. The highest BCUT2D eigenvalue weighted by Gasteiger charge is 2.33. The fourth-order valence-electron chi connectivity index (χ4n) is 4.42. The van der Waals surface area contributed by atoms with E-state index in [1.54, 1.807) is 12.1 Å². The van der Waals surface area contributed by atoms with Crippen LogP contribution in [0.25, 0.3) is 11.6 Å². The first kappa shape index (κ1) is 28.4. The van der Waals surface area contributed by atoms with E-state index in [9.17, 15) is 14.0 Å². The fraction of sp³-hybridized carbons (Fsp3) is 0.519. The zero-order valence-corrected chi connectivity index (χ0v) is 22.9. The van der Waals surface area contributed by atoms with Crippen molar-refractivity contribution in [2.24, 2.45) is 0 Å². The number of carbonyl (C=O) groups is 2. The van der Waals surface area contributed by atoms with E-state index in [4.69, 9.17) is 9.15 Å². The predicted octanol–water partition coefficient (Wildman–Crippen LogP) is 2.59. The molecule has 1 fully saturated rings. The standard InChI is InChI=1S/C27H36FN7O4/c1-19-6-11-22(39-19)25-30-32-35(31-25)18-23(36)34(13-5-12-33-14-16-38-17-15-33)24(26(37)29-27(2,3)4)20-7-9-21(28)10-8-20/h6-11,24H,5,12-18H2,1-4H3,(H,29,37)/t24-/m1/s1. The molecule has 2 aromatic heterocycles. The summed E-state index contributed by atoms with van der Waals surface area (Å²) in [5, 5.41) is 15.3. The van der Waals surface area contributed by atoms with Crippen LogP contribution in [0.15, 0.2) is 40.8 Å². The first-order valence-electron chi connectivity index (χ1n) is 13.1. The van der Waals surface area contributed by atoms with Crippen LogP contribution in [0.4, 0.5) is 4.39 Å². The number of aryl methyl sites for hydroxylation is 1. The van der Waals surface area contributed by atoms with Crippen LogP contribution in [0, 0.1) is 12.7 Å². The van der Waals surface area contributed by atoms with Crippen molar-refractivity contribution in [2.45, 2.75) is 52.2 Å². The third-order valence-electron chi connectivity index (χ3n) is 6.23. The highest BCUT2D eigenvalue weighted by molar-refractivity contribution is 5.89. The van der Waals surface area contributed by atoms with Crippen molar-refractivity contribution < 1.29 is 23.1 Å². The Morgan fingerprint density at radius 1 is 1.13 bits per heavy atom. The normalized spacial score (nSPS) is 15.2. The molecule has 11 nitrogen and oxygen atoms in total. The van der Waals surface area contributed by atoms with Gasteiger partial charge in [0.1, 0.15) is 24.2 Å². The van der Waals surface area contributed by atoms with Crippen molar-refractivity contribution in [2.75, 3.05) is 39.4 Å². The minimum Gasteiger partial charge on any atom is -0.458 e. The van der Waals surface area contributed by atoms with Crippen LogP contribution in [0.5, 0.6) is 0 Å². The Labute approximate surface area is 227 Å². The molecule has 1 saturated heterocycles. The fourth-order valence-corrected chi connectivity index (χ4v) is 4.42. The summed E-state index contributed by atoms with van der Waals surface area (Å²) in [6.45, 7) is 11.2. The summed E-state index contributed by atoms with van der Waals surface area (Å²) in [5.41, 5.74) is -0.0299. The van der Waals surface area contributed by atoms with Gasteiger partial charge in [-0.2, -0.15) is 4.80 Å².